The number of fused-ring (bicyclic) bond motifs is 1. The molecule has 0 spiro atoms. The molecule has 0 aliphatic heterocycles. The van der Waals surface area contributed by atoms with Crippen LogP contribution in [0.3, 0.4) is 0 Å². The molecule has 0 amide bonds. The third-order valence-corrected chi connectivity index (χ3v) is 2.91. The molecule has 5 heteroatoms. The predicted molar refractivity (Wildman–Crippen MR) is 67.5 cm³/mol. The zero-order valence-corrected chi connectivity index (χ0v) is 9.95. The average Bonchev–Trinajstić information content (AvgIpc) is 2.77. The number of hydrogen-bond acceptors (Lipinski definition) is 3. The van der Waals surface area contributed by atoms with E-state index in [1.54, 1.807) is 15.2 Å². The van der Waals surface area contributed by atoms with Crippen molar-refractivity contribution in [2.24, 2.45) is 0 Å². The fraction of sp³-hybridized carbons (Fsp3) is 0.154. The van der Waals surface area contributed by atoms with Crippen LogP contribution < -0.4 is 5.56 Å². The van der Waals surface area contributed by atoms with Crippen LogP contribution in [0.2, 0.25) is 0 Å². The lowest BCUT2D eigenvalue weighted by Crippen LogP contribution is -2.22. The molecule has 2 aromatic heterocycles. The molecule has 0 atom stereocenters. The van der Waals surface area contributed by atoms with Gasteiger partial charge in [-0.3, -0.25) is 9.20 Å². The molecule has 1 aromatic carbocycles. The highest BCUT2D eigenvalue weighted by molar-refractivity contribution is 5.34. The minimum Gasteiger partial charge on any atom is -0.306 e. The van der Waals surface area contributed by atoms with Crippen LogP contribution in [0, 0.1) is 6.92 Å². The number of benzene rings is 1. The van der Waals surface area contributed by atoms with E-state index in [1.807, 2.05) is 43.5 Å². The number of aromatic nitrogens is 4. The van der Waals surface area contributed by atoms with Gasteiger partial charge in [-0.1, -0.05) is 30.3 Å². The maximum absolute atomic E-state index is 12.2. The highest BCUT2D eigenvalue weighted by Crippen LogP contribution is 2.02. The van der Waals surface area contributed by atoms with Crippen LogP contribution in [-0.4, -0.2) is 19.2 Å². The molecule has 0 radical (unpaired) electrons. The second kappa shape index (κ2) is 4.10. The van der Waals surface area contributed by atoms with Crippen molar-refractivity contribution in [3.8, 4) is 0 Å². The van der Waals surface area contributed by atoms with Gasteiger partial charge in [0.25, 0.3) is 5.56 Å². The van der Waals surface area contributed by atoms with E-state index in [2.05, 4.69) is 10.2 Å². The quantitative estimate of drug-likeness (QED) is 0.677. The minimum absolute atomic E-state index is 0.123. The van der Waals surface area contributed by atoms with Crippen molar-refractivity contribution >= 4 is 5.65 Å². The van der Waals surface area contributed by atoms with E-state index in [1.165, 1.54) is 0 Å². The van der Waals surface area contributed by atoms with Crippen molar-refractivity contribution < 1.29 is 0 Å². The SMILES string of the molecule is Cc1nnc2c(=O)n(Cc3ccccc3)ccn12. The summed E-state index contributed by atoms with van der Waals surface area (Å²) in [5, 5.41) is 7.80. The van der Waals surface area contributed by atoms with Crippen LogP contribution in [0.25, 0.3) is 5.65 Å². The molecule has 90 valence electrons. The van der Waals surface area contributed by atoms with Gasteiger partial charge >= 0.3 is 0 Å². The highest BCUT2D eigenvalue weighted by Gasteiger charge is 2.07. The maximum atomic E-state index is 12.2. The summed E-state index contributed by atoms with van der Waals surface area (Å²) in [4.78, 5) is 12.2. The summed E-state index contributed by atoms with van der Waals surface area (Å²) in [6, 6.07) is 9.86. The first-order chi connectivity index (χ1) is 8.75. The van der Waals surface area contributed by atoms with Crippen LogP contribution in [0.1, 0.15) is 11.4 Å². The lowest BCUT2D eigenvalue weighted by Gasteiger charge is -2.05. The Morgan fingerprint density at radius 3 is 2.67 bits per heavy atom. The third-order valence-electron chi connectivity index (χ3n) is 2.91. The van der Waals surface area contributed by atoms with Crippen LogP contribution in [0.15, 0.2) is 47.5 Å². The molecule has 0 aliphatic carbocycles. The van der Waals surface area contributed by atoms with E-state index in [4.69, 9.17) is 0 Å². The molecular formula is C13H12N4O. The molecule has 18 heavy (non-hydrogen) atoms. The molecule has 0 saturated carbocycles. The van der Waals surface area contributed by atoms with Crippen LogP contribution in [0.5, 0.6) is 0 Å². The molecule has 0 unspecified atom stereocenters. The summed E-state index contributed by atoms with van der Waals surface area (Å²) in [5.74, 6) is 0.717. The first kappa shape index (κ1) is 10.7. The predicted octanol–water partition coefficient (Wildman–Crippen LogP) is 1.25. The van der Waals surface area contributed by atoms with Gasteiger partial charge in [-0.25, -0.2) is 0 Å². The molecule has 2 heterocycles. The lowest BCUT2D eigenvalue weighted by molar-refractivity contribution is 0.749. The zero-order valence-electron chi connectivity index (χ0n) is 9.95. The minimum atomic E-state index is -0.123. The maximum Gasteiger partial charge on any atom is 0.296 e. The summed E-state index contributed by atoms with van der Waals surface area (Å²) >= 11 is 0. The van der Waals surface area contributed by atoms with Gasteiger partial charge in [0.15, 0.2) is 0 Å². The topological polar surface area (TPSA) is 52.2 Å². The van der Waals surface area contributed by atoms with E-state index in [0.29, 0.717) is 18.0 Å². The smallest absolute Gasteiger partial charge is 0.296 e. The number of aryl methyl sites for hydroxylation is 1. The summed E-state index contributed by atoms with van der Waals surface area (Å²) in [6.45, 7) is 2.36. The van der Waals surface area contributed by atoms with E-state index in [0.717, 1.165) is 5.56 Å². The van der Waals surface area contributed by atoms with E-state index < -0.39 is 0 Å². The Bertz CT molecular complexity index is 743. The average molecular weight is 240 g/mol. The molecule has 0 fully saturated rings. The van der Waals surface area contributed by atoms with Crippen LogP contribution in [-0.2, 0) is 6.54 Å². The van der Waals surface area contributed by atoms with Gasteiger partial charge in [0.2, 0.25) is 5.65 Å². The summed E-state index contributed by atoms with van der Waals surface area (Å²) in [6.07, 6.45) is 3.58. The first-order valence-electron chi connectivity index (χ1n) is 5.70. The van der Waals surface area contributed by atoms with E-state index >= 15 is 0 Å². The van der Waals surface area contributed by atoms with Crippen molar-refractivity contribution in [3.63, 3.8) is 0 Å². The Kier molecular flexibility index (Phi) is 2.44. The van der Waals surface area contributed by atoms with Gasteiger partial charge in [-0.15, -0.1) is 10.2 Å². The van der Waals surface area contributed by atoms with Crippen molar-refractivity contribution in [3.05, 3.63) is 64.5 Å². The number of rotatable bonds is 2. The van der Waals surface area contributed by atoms with Gasteiger partial charge < -0.3 is 4.57 Å². The summed E-state index contributed by atoms with van der Waals surface area (Å²) in [5.41, 5.74) is 1.33. The van der Waals surface area contributed by atoms with Gasteiger partial charge in [0.1, 0.15) is 5.82 Å². The van der Waals surface area contributed by atoms with Crippen LogP contribution in [0.4, 0.5) is 0 Å². The van der Waals surface area contributed by atoms with Crippen molar-refractivity contribution in [1.29, 1.82) is 0 Å². The van der Waals surface area contributed by atoms with Gasteiger partial charge in [0, 0.05) is 12.4 Å². The monoisotopic (exact) mass is 240 g/mol. The second-order valence-corrected chi connectivity index (χ2v) is 4.16. The Morgan fingerprint density at radius 1 is 1.11 bits per heavy atom. The largest absolute Gasteiger partial charge is 0.306 e. The van der Waals surface area contributed by atoms with Crippen molar-refractivity contribution in [2.75, 3.05) is 0 Å². The Labute approximate surface area is 103 Å². The molecule has 0 bridgehead atoms. The Hall–Kier alpha value is -2.43. The molecule has 0 N–H and O–H groups in total. The Balaban J connectivity index is 2.08. The fourth-order valence-electron chi connectivity index (χ4n) is 1.94. The fourth-order valence-corrected chi connectivity index (χ4v) is 1.94. The molecule has 0 saturated heterocycles. The second-order valence-electron chi connectivity index (χ2n) is 4.16. The molecule has 5 nitrogen and oxygen atoms in total. The Morgan fingerprint density at radius 2 is 1.89 bits per heavy atom. The number of nitrogens with zero attached hydrogens (tertiary/aromatic N) is 4. The summed E-state index contributed by atoms with van der Waals surface area (Å²) in [7, 11) is 0. The summed E-state index contributed by atoms with van der Waals surface area (Å²) < 4.78 is 3.34. The molecule has 3 aromatic rings. The van der Waals surface area contributed by atoms with E-state index in [9.17, 15) is 4.79 Å². The zero-order chi connectivity index (χ0) is 12.5. The first-order valence-corrected chi connectivity index (χ1v) is 5.70. The third kappa shape index (κ3) is 1.69. The van der Waals surface area contributed by atoms with Gasteiger partial charge in [-0.2, -0.15) is 0 Å². The molecule has 0 aliphatic rings. The number of hydrogen-bond donors (Lipinski definition) is 0. The normalized spacial score (nSPS) is 10.9. The van der Waals surface area contributed by atoms with Crippen molar-refractivity contribution in [2.45, 2.75) is 13.5 Å². The van der Waals surface area contributed by atoms with Crippen LogP contribution >= 0.6 is 0 Å². The molecule has 3 rings (SSSR count). The van der Waals surface area contributed by atoms with Gasteiger partial charge in [0.05, 0.1) is 6.54 Å². The lowest BCUT2D eigenvalue weighted by atomic mass is 10.2. The van der Waals surface area contributed by atoms with Crippen molar-refractivity contribution in [1.82, 2.24) is 19.2 Å². The highest BCUT2D eigenvalue weighted by atomic mass is 16.1. The van der Waals surface area contributed by atoms with Gasteiger partial charge in [-0.05, 0) is 12.5 Å². The molecular weight excluding hydrogens is 228 g/mol. The van der Waals surface area contributed by atoms with E-state index in [-0.39, 0.29) is 5.56 Å². The standard InChI is InChI=1S/C13H12N4O/c1-10-14-15-12-13(18)16(7-8-17(10)12)9-11-5-3-2-4-6-11/h2-8H,9H2,1H3.